The molecule has 36 heavy (non-hydrogen) atoms. The van der Waals surface area contributed by atoms with Crippen LogP contribution in [-0.4, -0.2) is 41.5 Å². The van der Waals surface area contributed by atoms with Gasteiger partial charge >= 0.3 is 0 Å². The minimum Gasteiger partial charge on any atom is -0.493 e. The lowest BCUT2D eigenvalue weighted by molar-refractivity contribution is 0.324. The van der Waals surface area contributed by atoms with Gasteiger partial charge in [0.2, 0.25) is 17.5 Å². The van der Waals surface area contributed by atoms with Crippen molar-refractivity contribution in [2.75, 3.05) is 21.3 Å². The van der Waals surface area contributed by atoms with E-state index in [1.165, 1.54) is 11.8 Å². The molecule has 1 N–H and O–H groups in total. The summed E-state index contributed by atoms with van der Waals surface area (Å²) in [5.41, 5.74) is 4.64. The van der Waals surface area contributed by atoms with Gasteiger partial charge in [0.25, 0.3) is 0 Å². The van der Waals surface area contributed by atoms with Gasteiger partial charge in [-0.15, -0.1) is 10.2 Å². The predicted octanol–water partition coefficient (Wildman–Crippen LogP) is 6.11. The Kier molecular flexibility index (Phi) is 6.90. The monoisotopic (exact) mass is 500 g/mol. The van der Waals surface area contributed by atoms with Gasteiger partial charge in [-0.1, -0.05) is 72.4 Å². The normalized spacial score (nSPS) is 10.9. The Hall–Kier alpha value is -4.24. The number of aromatic amines is 1. The molecular weight excluding hydrogens is 476 g/mol. The van der Waals surface area contributed by atoms with Gasteiger partial charge in [-0.25, -0.2) is 4.98 Å². The zero-order valence-corrected chi connectivity index (χ0v) is 20.8. The predicted molar refractivity (Wildman–Crippen MR) is 138 cm³/mol. The molecular formula is C27H24N4O4S. The number of imidazole rings is 1. The van der Waals surface area contributed by atoms with Gasteiger partial charge in [-0.3, -0.25) is 0 Å². The highest BCUT2D eigenvalue weighted by Crippen LogP contribution is 2.41. The Balaban J connectivity index is 1.39. The number of rotatable bonds is 9. The molecule has 5 rings (SSSR count). The van der Waals surface area contributed by atoms with Crippen molar-refractivity contribution >= 4 is 11.8 Å². The number of hydrogen-bond acceptors (Lipinski definition) is 8. The van der Waals surface area contributed by atoms with Gasteiger partial charge in [0.15, 0.2) is 16.7 Å². The molecule has 0 aliphatic rings. The van der Waals surface area contributed by atoms with Crippen LogP contribution < -0.4 is 14.2 Å². The van der Waals surface area contributed by atoms with Crippen molar-refractivity contribution < 1.29 is 18.6 Å². The molecule has 5 aromatic rings. The van der Waals surface area contributed by atoms with Gasteiger partial charge in [0, 0.05) is 16.7 Å². The van der Waals surface area contributed by atoms with Crippen molar-refractivity contribution in [1.29, 1.82) is 0 Å². The molecule has 0 atom stereocenters. The number of nitrogens with one attached hydrogen (secondary N) is 1. The molecule has 0 spiro atoms. The summed E-state index contributed by atoms with van der Waals surface area (Å²) in [5.74, 6) is 2.81. The zero-order valence-electron chi connectivity index (χ0n) is 20.0. The number of benzene rings is 3. The van der Waals surface area contributed by atoms with Crippen molar-refractivity contribution in [2.24, 2.45) is 0 Å². The Morgan fingerprint density at radius 1 is 0.778 bits per heavy atom. The summed E-state index contributed by atoms with van der Waals surface area (Å²) >= 11 is 1.50. The molecule has 0 bridgehead atoms. The van der Waals surface area contributed by atoms with E-state index in [0.717, 1.165) is 27.7 Å². The zero-order chi connectivity index (χ0) is 24.9. The van der Waals surface area contributed by atoms with Crippen molar-refractivity contribution in [3.63, 3.8) is 0 Å². The highest BCUT2D eigenvalue weighted by atomic mass is 32.2. The fourth-order valence-corrected chi connectivity index (χ4v) is 4.51. The summed E-state index contributed by atoms with van der Waals surface area (Å²) in [5, 5.41) is 9.19. The van der Waals surface area contributed by atoms with Crippen LogP contribution in [0.15, 0.2) is 82.4 Å². The Labute approximate surface area is 212 Å². The number of methoxy groups -OCH3 is 3. The SMILES string of the molecule is COc1cc(-c2nnc(CSc3nc(-c4ccccc4)c(-c4ccccc4)[nH]3)o2)cc(OC)c1OC. The maximum absolute atomic E-state index is 5.93. The first-order chi connectivity index (χ1) is 17.7. The van der Waals surface area contributed by atoms with E-state index >= 15 is 0 Å². The number of aromatic nitrogens is 4. The molecule has 0 aliphatic heterocycles. The molecule has 0 saturated heterocycles. The van der Waals surface area contributed by atoms with Crippen LogP contribution in [-0.2, 0) is 5.75 Å². The number of H-pyrrole nitrogens is 1. The molecule has 3 aromatic carbocycles. The first-order valence-electron chi connectivity index (χ1n) is 11.2. The van der Waals surface area contributed by atoms with E-state index in [0.29, 0.717) is 40.3 Å². The van der Waals surface area contributed by atoms with E-state index in [4.69, 9.17) is 23.6 Å². The lowest BCUT2D eigenvalue weighted by atomic mass is 10.1. The van der Waals surface area contributed by atoms with E-state index in [-0.39, 0.29) is 0 Å². The van der Waals surface area contributed by atoms with Crippen LogP contribution in [0.4, 0.5) is 0 Å². The van der Waals surface area contributed by atoms with Crippen LogP contribution in [0.5, 0.6) is 17.2 Å². The van der Waals surface area contributed by atoms with Crippen LogP contribution in [0.2, 0.25) is 0 Å². The molecule has 0 unspecified atom stereocenters. The summed E-state index contributed by atoms with van der Waals surface area (Å²) in [7, 11) is 4.69. The van der Waals surface area contributed by atoms with Crippen molar-refractivity contribution in [2.45, 2.75) is 10.9 Å². The van der Waals surface area contributed by atoms with Crippen LogP contribution in [0, 0.1) is 0 Å². The van der Waals surface area contributed by atoms with Gasteiger partial charge in [0.05, 0.1) is 38.5 Å². The first-order valence-corrected chi connectivity index (χ1v) is 12.1. The third-order valence-electron chi connectivity index (χ3n) is 5.50. The largest absolute Gasteiger partial charge is 0.493 e. The third-order valence-corrected chi connectivity index (χ3v) is 6.36. The van der Waals surface area contributed by atoms with E-state index in [2.05, 4.69) is 39.4 Å². The lowest BCUT2D eigenvalue weighted by Gasteiger charge is -2.12. The highest BCUT2D eigenvalue weighted by Gasteiger charge is 2.19. The van der Waals surface area contributed by atoms with Crippen molar-refractivity contribution in [3.8, 4) is 51.2 Å². The number of ether oxygens (including phenoxy) is 3. The molecule has 0 aliphatic carbocycles. The van der Waals surface area contributed by atoms with Gasteiger partial charge in [-0.05, 0) is 12.1 Å². The summed E-state index contributed by atoms with van der Waals surface area (Å²) in [6.07, 6.45) is 0. The lowest BCUT2D eigenvalue weighted by Crippen LogP contribution is -1.95. The van der Waals surface area contributed by atoms with E-state index in [1.807, 2.05) is 36.4 Å². The second-order valence-electron chi connectivity index (χ2n) is 7.70. The van der Waals surface area contributed by atoms with E-state index < -0.39 is 0 Å². The summed E-state index contributed by atoms with van der Waals surface area (Å²) in [6.45, 7) is 0. The van der Waals surface area contributed by atoms with Crippen LogP contribution in [0.1, 0.15) is 5.89 Å². The quantitative estimate of drug-likeness (QED) is 0.242. The molecule has 0 radical (unpaired) electrons. The van der Waals surface area contributed by atoms with Gasteiger partial charge in [-0.2, -0.15) is 0 Å². The fraction of sp³-hybridized carbons (Fsp3) is 0.148. The smallest absolute Gasteiger partial charge is 0.248 e. The van der Waals surface area contributed by atoms with E-state index in [9.17, 15) is 0 Å². The van der Waals surface area contributed by atoms with Crippen molar-refractivity contribution in [1.82, 2.24) is 20.2 Å². The standard InChI is InChI=1S/C27H24N4O4S/c1-32-20-14-19(15-21(33-2)25(20)34-3)26-31-30-22(35-26)16-36-27-28-23(17-10-6-4-7-11-17)24(29-27)18-12-8-5-9-13-18/h4-15H,16H2,1-3H3,(H,28,29). The molecule has 8 nitrogen and oxygen atoms in total. The highest BCUT2D eigenvalue weighted by molar-refractivity contribution is 7.98. The Bertz CT molecular complexity index is 1370. The average Bonchev–Trinajstić information content (AvgIpc) is 3.59. The Morgan fingerprint density at radius 3 is 2.03 bits per heavy atom. The minimum atomic E-state index is 0.360. The van der Waals surface area contributed by atoms with Gasteiger partial charge in [0.1, 0.15) is 0 Å². The second-order valence-corrected chi connectivity index (χ2v) is 8.67. The maximum Gasteiger partial charge on any atom is 0.248 e. The number of nitrogens with zero attached hydrogens (tertiary/aromatic N) is 3. The third kappa shape index (κ3) is 4.78. The first kappa shape index (κ1) is 23.5. The van der Waals surface area contributed by atoms with Gasteiger partial charge < -0.3 is 23.6 Å². The summed E-state index contributed by atoms with van der Waals surface area (Å²) in [4.78, 5) is 8.34. The minimum absolute atomic E-state index is 0.360. The molecule has 0 amide bonds. The molecule has 0 fully saturated rings. The molecule has 9 heteroatoms. The van der Waals surface area contributed by atoms with Crippen LogP contribution >= 0.6 is 11.8 Å². The number of thioether (sulfide) groups is 1. The maximum atomic E-state index is 5.93. The second kappa shape index (κ2) is 10.6. The fourth-order valence-electron chi connectivity index (χ4n) is 3.80. The molecule has 0 saturated carbocycles. The Morgan fingerprint density at radius 2 is 1.42 bits per heavy atom. The van der Waals surface area contributed by atoms with Crippen LogP contribution in [0.25, 0.3) is 34.0 Å². The van der Waals surface area contributed by atoms with Crippen molar-refractivity contribution in [3.05, 3.63) is 78.7 Å². The van der Waals surface area contributed by atoms with Crippen LogP contribution in [0.3, 0.4) is 0 Å². The average molecular weight is 501 g/mol. The number of hydrogen-bond donors (Lipinski definition) is 1. The summed E-state index contributed by atoms with van der Waals surface area (Å²) < 4.78 is 22.2. The molecule has 2 heterocycles. The van der Waals surface area contributed by atoms with E-state index in [1.54, 1.807) is 33.5 Å². The summed E-state index contributed by atoms with van der Waals surface area (Å²) in [6, 6.07) is 23.8. The molecule has 2 aromatic heterocycles. The molecule has 182 valence electrons. The topological polar surface area (TPSA) is 95.3 Å².